The first-order chi connectivity index (χ1) is 17.2. The standard InChI is InChI=1S/C27H47NO8S/c1-6-7-10-13-20(29)16-17-22-21(23(30)18-24(22)31)14-11-8-9-12-15-25(32)28(37(5,34)35)19-27(2,3)26(33)36-4/h8,11,16-17,20-24,29-31H,6-7,9-10,12-15,18-19H2,1-5H3/b11-8+,17-16+/t20-,21+,22+,23-,24+/m0/s1. The van der Waals surface area contributed by atoms with Gasteiger partial charge in [0.15, 0.2) is 0 Å². The maximum Gasteiger partial charge on any atom is 0.313 e. The van der Waals surface area contributed by atoms with E-state index in [-0.39, 0.29) is 31.2 Å². The number of methoxy groups -OCH3 is 1. The lowest BCUT2D eigenvalue weighted by Crippen LogP contribution is -2.45. The van der Waals surface area contributed by atoms with Crippen LogP contribution in [-0.4, -0.2) is 78.1 Å². The average Bonchev–Trinajstić information content (AvgIpc) is 3.08. The molecule has 0 unspecified atom stereocenters. The van der Waals surface area contributed by atoms with Crippen molar-refractivity contribution in [1.82, 2.24) is 4.31 Å². The lowest BCUT2D eigenvalue weighted by atomic mass is 9.89. The summed E-state index contributed by atoms with van der Waals surface area (Å²) in [6.45, 7) is 4.86. The molecule has 0 aromatic heterocycles. The minimum atomic E-state index is -3.85. The number of unbranched alkanes of at least 4 members (excludes halogenated alkanes) is 3. The van der Waals surface area contributed by atoms with Gasteiger partial charge in [0, 0.05) is 18.8 Å². The number of amides is 1. The molecule has 0 aromatic carbocycles. The van der Waals surface area contributed by atoms with Crippen molar-refractivity contribution in [2.45, 2.75) is 96.9 Å². The molecule has 10 heteroatoms. The van der Waals surface area contributed by atoms with E-state index in [0.29, 0.717) is 25.7 Å². The van der Waals surface area contributed by atoms with Crippen LogP contribution in [0.4, 0.5) is 0 Å². The van der Waals surface area contributed by atoms with E-state index in [4.69, 9.17) is 4.74 Å². The van der Waals surface area contributed by atoms with Gasteiger partial charge in [-0.1, -0.05) is 50.5 Å². The Morgan fingerprint density at radius 1 is 1.14 bits per heavy atom. The van der Waals surface area contributed by atoms with Gasteiger partial charge in [0.1, 0.15) is 0 Å². The number of carbonyl (C=O) groups is 2. The fourth-order valence-electron chi connectivity index (χ4n) is 4.62. The molecule has 0 saturated heterocycles. The Hall–Kier alpha value is -1.75. The average molecular weight is 546 g/mol. The minimum absolute atomic E-state index is 0.000707. The molecule has 0 aliphatic heterocycles. The molecule has 1 saturated carbocycles. The minimum Gasteiger partial charge on any atom is -0.469 e. The van der Waals surface area contributed by atoms with Gasteiger partial charge in [-0.05, 0) is 45.4 Å². The fraction of sp³-hybridized carbons (Fsp3) is 0.778. The molecule has 0 bridgehead atoms. The van der Waals surface area contributed by atoms with Gasteiger partial charge in [0.2, 0.25) is 15.9 Å². The zero-order valence-corrected chi connectivity index (χ0v) is 23.8. The van der Waals surface area contributed by atoms with Crippen LogP contribution in [0.3, 0.4) is 0 Å². The summed E-state index contributed by atoms with van der Waals surface area (Å²) in [5.74, 6) is -1.60. The van der Waals surface area contributed by atoms with Crippen molar-refractivity contribution in [3.05, 3.63) is 24.3 Å². The van der Waals surface area contributed by atoms with Crippen molar-refractivity contribution >= 4 is 21.9 Å². The molecule has 3 N–H and O–H groups in total. The molecule has 9 nitrogen and oxygen atoms in total. The first-order valence-corrected chi connectivity index (χ1v) is 15.1. The molecule has 0 radical (unpaired) electrons. The number of aliphatic hydroxyl groups excluding tert-OH is 3. The summed E-state index contributed by atoms with van der Waals surface area (Å²) in [6.07, 6.45) is 11.9. The Labute approximate surface area is 222 Å². The lowest BCUT2D eigenvalue weighted by molar-refractivity contribution is -0.151. The largest absolute Gasteiger partial charge is 0.469 e. The number of sulfonamides is 1. The van der Waals surface area contributed by atoms with Crippen LogP contribution in [-0.2, 0) is 24.3 Å². The molecule has 1 aliphatic rings. The van der Waals surface area contributed by atoms with Gasteiger partial charge in [0.25, 0.3) is 0 Å². The zero-order chi connectivity index (χ0) is 28.2. The number of ether oxygens (including phenoxy) is 1. The second-order valence-corrected chi connectivity index (χ2v) is 12.6. The van der Waals surface area contributed by atoms with Crippen LogP contribution < -0.4 is 0 Å². The lowest BCUT2D eigenvalue weighted by Gasteiger charge is -2.29. The number of hydrogen-bond acceptors (Lipinski definition) is 8. The fourth-order valence-corrected chi connectivity index (χ4v) is 5.64. The predicted octanol–water partition coefficient (Wildman–Crippen LogP) is 2.95. The molecule has 1 aliphatic carbocycles. The van der Waals surface area contributed by atoms with E-state index >= 15 is 0 Å². The zero-order valence-electron chi connectivity index (χ0n) is 23.0. The second-order valence-electron chi connectivity index (χ2n) is 10.7. The number of nitrogens with zero attached hydrogens (tertiary/aromatic N) is 1. The van der Waals surface area contributed by atoms with Crippen molar-refractivity contribution in [2.24, 2.45) is 17.3 Å². The summed E-state index contributed by atoms with van der Waals surface area (Å²) < 4.78 is 29.8. The highest BCUT2D eigenvalue weighted by atomic mass is 32.2. The highest BCUT2D eigenvalue weighted by Gasteiger charge is 2.39. The highest BCUT2D eigenvalue weighted by Crippen LogP contribution is 2.36. The van der Waals surface area contributed by atoms with Gasteiger partial charge in [-0.25, -0.2) is 12.7 Å². The first kappa shape index (κ1) is 33.3. The number of carbonyl (C=O) groups excluding carboxylic acids is 2. The number of hydrogen-bond donors (Lipinski definition) is 3. The molecule has 1 rings (SSSR count). The molecular weight excluding hydrogens is 498 g/mol. The maximum absolute atomic E-state index is 12.6. The molecule has 0 heterocycles. The van der Waals surface area contributed by atoms with Crippen molar-refractivity contribution in [3.63, 3.8) is 0 Å². The topological polar surface area (TPSA) is 141 Å². The number of allylic oxidation sites excluding steroid dienone is 2. The summed E-state index contributed by atoms with van der Waals surface area (Å²) in [7, 11) is -2.64. The molecule has 0 spiro atoms. The van der Waals surface area contributed by atoms with Gasteiger partial charge in [-0.2, -0.15) is 0 Å². The normalized spacial score (nSPS) is 23.6. The highest BCUT2D eigenvalue weighted by molar-refractivity contribution is 7.88. The Kier molecular flexibility index (Phi) is 14.0. The molecular formula is C27H47NO8S. The Balaban J connectivity index is 2.61. The summed E-state index contributed by atoms with van der Waals surface area (Å²) >= 11 is 0. The number of aliphatic hydroxyl groups is 3. The van der Waals surface area contributed by atoms with E-state index in [1.165, 1.54) is 21.0 Å². The predicted molar refractivity (Wildman–Crippen MR) is 143 cm³/mol. The summed E-state index contributed by atoms with van der Waals surface area (Å²) in [6, 6.07) is 0. The van der Waals surface area contributed by atoms with E-state index in [9.17, 15) is 33.3 Å². The summed E-state index contributed by atoms with van der Waals surface area (Å²) in [5.41, 5.74) is -1.17. The molecule has 5 atom stereocenters. The van der Waals surface area contributed by atoms with Crippen LogP contribution in [0, 0.1) is 17.3 Å². The van der Waals surface area contributed by atoms with Crippen molar-refractivity contribution < 1.29 is 38.1 Å². The third-order valence-corrected chi connectivity index (χ3v) is 8.00. The maximum atomic E-state index is 12.6. The van der Waals surface area contributed by atoms with E-state index in [0.717, 1.165) is 29.8 Å². The van der Waals surface area contributed by atoms with E-state index in [1.807, 2.05) is 18.2 Å². The van der Waals surface area contributed by atoms with Gasteiger partial charge in [-0.3, -0.25) is 9.59 Å². The molecule has 37 heavy (non-hydrogen) atoms. The van der Waals surface area contributed by atoms with Crippen LogP contribution in [0.15, 0.2) is 24.3 Å². The number of esters is 1. The monoisotopic (exact) mass is 545 g/mol. The third kappa shape index (κ3) is 11.3. The van der Waals surface area contributed by atoms with Gasteiger partial charge in [-0.15, -0.1) is 0 Å². The van der Waals surface area contributed by atoms with E-state index in [2.05, 4.69) is 6.92 Å². The first-order valence-electron chi connectivity index (χ1n) is 13.2. The SMILES string of the molecule is CCCCC[C@H](O)/C=C/[C@@H]1[C@@H](C/C=C/CCCC(=O)N(CC(C)(C)C(=O)OC)S(C)(=O)=O)[C@@H](O)C[C@H]1O. The van der Waals surface area contributed by atoms with Crippen molar-refractivity contribution in [1.29, 1.82) is 0 Å². The van der Waals surface area contributed by atoms with Crippen LogP contribution in [0.25, 0.3) is 0 Å². The molecule has 0 aromatic rings. The van der Waals surface area contributed by atoms with Crippen molar-refractivity contribution in [3.8, 4) is 0 Å². The quantitative estimate of drug-likeness (QED) is 0.153. The third-order valence-electron chi connectivity index (χ3n) is 6.87. The van der Waals surface area contributed by atoms with Crippen LogP contribution in [0.1, 0.15) is 78.6 Å². The molecule has 214 valence electrons. The molecule has 1 amide bonds. The van der Waals surface area contributed by atoms with Gasteiger partial charge < -0.3 is 20.1 Å². The Morgan fingerprint density at radius 2 is 1.81 bits per heavy atom. The van der Waals surface area contributed by atoms with Crippen molar-refractivity contribution in [2.75, 3.05) is 19.9 Å². The van der Waals surface area contributed by atoms with Gasteiger partial charge in [0.05, 0.1) is 43.6 Å². The van der Waals surface area contributed by atoms with E-state index in [1.54, 1.807) is 6.08 Å². The Morgan fingerprint density at radius 3 is 2.41 bits per heavy atom. The van der Waals surface area contributed by atoms with Crippen LogP contribution in [0.5, 0.6) is 0 Å². The summed E-state index contributed by atoms with van der Waals surface area (Å²) in [4.78, 5) is 24.6. The second kappa shape index (κ2) is 15.6. The van der Waals surface area contributed by atoms with Crippen LogP contribution >= 0.6 is 0 Å². The van der Waals surface area contributed by atoms with Gasteiger partial charge >= 0.3 is 5.97 Å². The number of rotatable bonds is 16. The Bertz CT molecular complexity index is 883. The van der Waals surface area contributed by atoms with Crippen LogP contribution in [0.2, 0.25) is 0 Å². The van der Waals surface area contributed by atoms with E-state index < -0.39 is 45.6 Å². The smallest absolute Gasteiger partial charge is 0.313 e. The molecule has 1 fully saturated rings. The summed E-state index contributed by atoms with van der Waals surface area (Å²) in [5, 5.41) is 30.9.